The fraction of sp³-hybridized carbons (Fsp3) is 0.167. The second kappa shape index (κ2) is 9.90. The number of nitrogens with zero attached hydrogens (tertiary/aromatic N) is 2. The highest BCUT2D eigenvalue weighted by Gasteiger charge is 2.32. The van der Waals surface area contributed by atoms with Crippen LogP contribution in [0, 0.1) is 10.1 Å². The Bertz CT molecular complexity index is 1340. The van der Waals surface area contributed by atoms with Gasteiger partial charge in [0.05, 0.1) is 4.92 Å². The molecule has 0 saturated carbocycles. The van der Waals surface area contributed by atoms with E-state index in [-0.39, 0.29) is 30.1 Å². The quantitative estimate of drug-likeness (QED) is 0.216. The van der Waals surface area contributed by atoms with E-state index in [1.54, 1.807) is 24.3 Å². The van der Waals surface area contributed by atoms with Gasteiger partial charge in [0, 0.05) is 40.6 Å². The summed E-state index contributed by atoms with van der Waals surface area (Å²) < 4.78 is 4.91. The average Bonchev–Trinajstić information content (AvgIpc) is 2.84. The van der Waals surface area contributed by atoms with E-state index in [0.29, 0.717) is 16.5 Å². The number of hydrogen-bond donors (Lipinski definition) is 1. The zero-order chi connectivity index (χ0) is 25.1. The third-order valence-electron chi connectivity index (χ3n) is 5.41. The summed E-state index contributed by atoms with van der Waals surface area (Å²) in [7, 11) is 0. The van der Waals surface area contributed by atoms with Crippen molar-refractivity contribution in [3.8, 4) is 0 Å². The van der Waals surface area contributed by atoms with Crippen LogP contribution in [0.5, 0.6) is 0 Å². The lowest BCUT2D eigenvalue weighted by atomic mass is 9.94. The Labute approximate surface area is 203 Å². The van der Waals surface area contributed by atoms with E-state index in [1.807, 2.05) is 12.1 Å². The number of esters is 1. The first-order chi connectivity index (χ1) is 16.8. The number of hydrogen-bond acceptors (Lipinski definition) is 7. The highest BCUT2D eigenvalue weighted by Crippen LogP contribution is 2.30. The Hall–Kier alpha value is -4.31. The summed E-state index contributed by atoms with van der Waals surface area (Å²) in [4.78, 5) is 61.3. The molecule has 0 aliphatic carbocycles. The van der Waals surface area contributed by atoms with Crippen molar-refractivity contribution in [2.45, 2.75) is 12.8 Å². The minimum atomic E-state index is -0.769. The van der Waals surface area contributed by atoms with Crippen LogP contribution in [0.1, 0.15) is 33.6 Å². The van der Waals surface area contributed by atoms with E-state index < -0.39 is 40.9 Å². The van der Waals surface area contributed by atoms with Crippen molar-refractivity contribution in [1.82, 2.24) is 4.90 Å². The molecule has 0 bridgehead atoms. The lowest BCUT2D eigenvalue weighted by Crippen LogP contribution is -2.41. The molecule has 1 heterocycles. The molecule has 0 spiro atoms. The van der Waals surface area contributed by atoms with Gasteiger partial charge in [0.25, 0.3) is 23.4 Å². The first kappa shape index (κ1) is 23.8. The summed E-state index contributed by atoms with van der Waals surface area (Å²) >= 11 is 5.74. The third kappa shape index (κ3) is 4.97. The molecule has 0 fully saturated rings. The standard InChI is InChI=1S/C24H18ClN3O7/c25-15-9-10-18(19(12-15)28(33)34)26-20(29)13-35-21(30)8-3-11-27-23(31)16-6-1-4-14-5-2-7-17(22(14)16)24(27)32/h1-2,4-7,9-10,12H,3,8,11,13H2,(H,26,29). The molecular weight excluding hydrogens is 478 g/mol. The molecule has 1 aliphatic rings. The Morgan fingerprint density at radius 1 is 1.03 bits per heavy atom. The van der Waals surface area contributed by atoms with Crippen LogP contribution in [-0.2, 0) is 14.3 Å². The van der Waals surface area contributed by atoms with Gasteiger partial charge in [0.1, 0.15) is 5.69 Å². The van der Waals surface area contributed by atoms with Crippen molar-refractivity contribution in [3.63, 3.8) is 0 Å². The van der Waals surface area contributed by atoms with Crippen molar-refractivity contribution in [2.75, 3.05) is 18.5 Å². The van der Waals surface area contributed by atoms with Crippen LogP contribution >= 0.6 is 11.6 Å². The van der Waals surface area contributed by atoms with Gasteiger partial charge >= 0.3 is 5.97 Å². The fourth-order valence-electron chi connectivity index (χ4n) is 3.83. The van der Waals surface area contributed by atoms with Crippen LogP contribution in [0.25, 0.3) is 10.8 Å². The maximum Gasteiger partial charge on any atom is 0.306 e. The molecule has 178 valence electrons. The second-order valence-corrected chi connectivity index (χ2v) is 8.14. The molecule has 0 unspecified atom stereocenters. The predicted octanol–water partition coefficient (Wildman–Crippen LogP) is 3.96. The molecule has 11 heteroatoms. The SMILES string of the molecule is O=C(COC(=O)CCCN1C(=O)c2cccc3cccc(c23)C1=O)Nc1ccc(Cl)cc1[N+](=O)[O-]. The Morgan fingerprint density at radius 3 is 2.31 bits per heavy atom. The summed E-state index contributed by atoms with van der Waals surface area (Å²) in [6.45, 7) is -0.657. The van der Waals surface area contributed by atoms with Gasteiger partial charge in [-0.3, -0.25) is 34.2 Å². The molecule has 3 amide bonds. The number of rotatable bonds is 8. The molecule has 1 N–H and O–H groups in total. The highest BCUT2D eigenvalue weighted by molar-refractivity contribution is 6.31. The third-order valence-corrected chi connectivity index (χ3v) is 5.65. The molecule has 0 radical (unpaired) electrons. The van der Waals surface area contributed by atoms with Crippen LogP contribution in [-0.4, -0.2) is 46.7 Å². The minimum absolute atomic E-state index is 0.000649. The average molecular weight is 496 g/mol. The first-order valence-electron chi connectivity index (χ1n) is 10.5. The number of amides is 3. The van der Waals surface area contributed by atoms with Gasteiger partial charge in [0.15, 0.2) is 6.61 Å². The summed E-state index contributed by atoms with van der Waals surface area (Å²) in [5.74, 6) is -2.35. The fourth-order valence-corrected chi connectivity index (χ4v) is 4.00. The number of nitro groups is 1. The van der Waals surface area contributed by atoms with Crippen molar-refractivity contribution < 1.29 is 28.8 Å². The van der Waals surface area contributed by atoms with Gasteiger partial charge in [-0.2, -0.15) is 0 Å². The van der Waals surface area contributed by atoms with Gasteiger partial charge in [-0.1, -0.05) is 35.9 Å². The van der Waals surface area contributed by atoms with Crippen molar-refractivity contribution in [1.29, 1.82) is 0 Å². The van der Waals surface area contributed by atoms with E-state index in [1.165, 1.54) is 12.1 Å². The van der Waals surface area contributed by atoms with E-state index in [4.69, 9.17) is 16.3 Å². The number of anilines is 1. The van der Waals surface area contributed by atoms with Crippen LogP contribution < -0.4 is 5.32 Å². The maximum absolute atomic E-state index is 12.9. The summed E-state index contributed by atoms with van der Waals surface area (Å²) in [6.07, 6.45) is -0.00396. The zero-order valence-electron chi connectivity index (χ0n) is 18.2. The normalized spacial score (nSPS) is 12.5. The molecule has 0 atom stereocenters. The van der Waals surface area contributed by atoms with Gasteiger partial charge in [0.2, 0.25) is 0 Å². The monoisotopic (exact) mass is 495 g/mol. The van der Waals surface area contributed by atoms with Crippen LogP contribution in [0.3, 0.4) is 0 Å². The predicted molar refractivity (Wildman–Crippen MR) is 126 cm³/mol. The maximum atomic E-state index is 12.9. The number of halogens is 1. The van der Waals surface area contributed by atoms with Crippen molar-refractivity contribution >= 4 is 57.4 Å². The molecule has 10 nitrogen and oxygen atoms in total. The lowest BCUT2D eigenvalue weighted by molar-refractivity contribution is -0.383. The Kier molecular flexibility index (Phi) is 6.74. The number of nitrogens with one attached hydrogen (secondary N) is 1. The highest BCUT2D eigenvalue weighted by atomic mass is 35.5. The number of carbonyl (C=O) groups excluding carboxylic acids is 4. The number of imide groups is 1. The zero-order valence-corrected chi connectivity index (χ0v) is 18.9. The van der Waals surface area contributed by atoms with Gasteiger partial charge in [-0.15, -0.1) is 0 Å². The summed E-state index contributed by atoms with van der Waals surface area (Å²) in [6, 6.07) is 14.2. The van der Waals surface area contributed by atoms with Crippen molar-refractivity contribution in [3.05, 3.63) is 80.9 Å². The van der Waals surface area contributed by atoms with Gasteiger partial charge in [-0.05, 0) is 36.1 Å². The summed E-state index contributed by atoms with van der Waals surface area (Å²) in [5.41, 5.74) is 0.365. The second-order valence-electron chi connectivity index (χ2n) is 7.70. The molecule has 4 rings (SSSR count). The molecule has 0 aromatic heterocycles. The largest absolute Gasteiger partial charge is 0.456 e. The van der Waals surface area contributed by atoms with Crippen LogP contribution in [0.15, 0.2) is 54.6 Å². The molecular formula is C24H18ClN3O7. The van der Waals surface area contributed by atoms with E-state index in [2.05, 4.69) is 5.32 Å². The lowest BCUT2D eigenvalue weighted by Gasteiger charge is -2.27. The van der Waals surface area contributed by atoms with Crippen molar-refractivity contribution in [2.24, 2.45) is 0 Å². The van der Waals surface area contributed by atoms with E-state index >= 15 is 0 Å². The number of ether oxygens (including phenoxy) is 1. The topological polar surface area (TPSA) is 136 Å². The first-order valence-corrected chi connectivity index (χ1v) is 10.9. The minimum Gasteiger partial charge on any atom is -0.456 e. The molecule has 1 aliphatic heterocycles. The summed E-state index contributed by atoms with van der Waals surface area (Å²) in [5, 5.41) is 14.9. The van der Waals surface area contributed by atoms with Crippen LogP contribution in [0.4, 0.5) is 11.4 Å². The Balaban J connectivity index is 1.29. The van der Waals surface area contributed by atoms with E-state index in [9.17, 15) is 29.3 Å². The Morgan fingerprint density at radius 2 is 1.69 bits per heavy atom. The van der Waals surface area contributed by atoms with Gasteiger partial charge < -0.3 is 10.1 Å². The molecule has 35 heavy (non-hydrogen) atoms. The van der Waals surface area contributed by atoms with Crippen LogP contribution in [0.2, 0.25) is 5.02 Å². The number of nitro benzene ring substituents is 1. The molecule has 3 aromatic carbocycles. The molecule has 3 aromatic rings. The number of carbonyl (C=O) groups is 4. The smallest absolute Gasteiger partial charge is 0.306 e. The van der Waals surface area contributed by atoms with E-state index in [0.717, 1.165) is 16.4 Å². The number of benzene rings is 3. The van der Waals surface area contributed by atoms with Gasteiger partial charge in [-0.25, -0.2) is 0 Å². The molecule has 0 saturated heterocycles.